The minimum Gasteiger partial charge on any atom is -0.294 e. The maximum Gasteiger partial charge on any atom is 0.162 e. The topological polar surface area (TPSA) is 17.1 Å². The van der Waals surface area contributed by atoms with Crippen LogP contribution in [0.1, 0.15) is 39.5 Å². The van der Waals surface area contributed by atoms with Crippen molar-refractivity contribution < 1.29 is 4.79 Å². The Morgan fingerprint density at radius 2 is 2.08 bits per heavy atom. The Hall–Kier alpha value is -0.590. The third-order valence-electron chi connectivity index (χ3n) is 3.47. The number of Topliss-reactive ketones (excluding diaryl/α,β-unsaturated/α-hetero) is 1. The van der Waals surface area contributed by atoms with E-state index in [0.29, 0.717) is 17.6 Å². The summed E-state index contributed by atoms with van der Waals surface area (Å²) in [7, 11) is 0. The largest absolute Gasteiger partial charge is 0.294 e. The van der Waals surface area contributed by atoms with Crippen molar-refractivity contribution in [2.24, 2.45) is 11.8 Å². The summed E-state index contributed by atoms with van der Waals surface area (Å²) in [5.74, 6) is 1.53. The van der Waals surface area contributed by atoms with E-state index >= 15 is 0 Å². The molecule has 0 aromatic carbocycles. The molecule has 0 aromatic heterocycles. The van der Waals surface area contributed by atoms with Gasteiger partial charge in [0.2, 0.25) is 0 Å². The minimum absolute atomic E-state index is 0.409. The highest BCUT2D eigenvalue weighted by Gasteiger charge is 2.43. The van der Waals surface area contributed by atoms with Crippen LogP contribution in [-0.2, 0) is 4.79 Å². The van der Waals surface area contributed by atoms with E-state index < -0.39 is 0 Å². The normalized spacial score (nSPS) is 37.7. The lowest BCUT2D eigenvalue weighted by molar-refractivity contribution is -0.118. The van der Waals surface area contributed by atoms with Crippen LogP contribution in [0.4, 0.5) is 0 Å². The summed E-state index contributed by atoms with van der Waals surface area (Å²) < 4.78 is 0. The zero-order valence-electron chi connectivity index (χ0n) is 7.89. The molecule has 2 unspecified atom stereocenters. The first-order valence-electron chi connectivity index (χ1n) is 4.98. The lowest BCUT2D eigenvalue weighted by Crippen LogP contribution is -2.13. The fourth-order valence-corrected chi connectivity index (χ4v) is 2.65. The van der Waals surface area contributed by atoms with E-state index in [0.717, 1.165) is 19.3 Å². The Morgan fingerprint density at radius 3 is 2.58 bits per heavy atom. The highest BCUT2D eigenvalue weighted by Crippen LogP contribution is 2.46. The van der Waals surface area contributed by atoms with Crippen molar-refractivity contribution in [1.29, 1.82) is 0 Å². The summed E-state index contributed by atoms with van der Waals surface area (Å²) in [5, 5.41) is 0. The summed E-state index contributed by atoms with van der Waals surface area (Å²) >= 11 is 0. The van der Waals surface area contributed by atoms with Gasteiger partial charge in [-0.2, -0.15) is 0 Å². The van der Waals surface area contributed by atoms with Crippen LogP contribution in [0.25, 0.3) is 0 Å². The average molecular weight is 164 g/mol. The monoisotopic (exact) mass is 164 g/mol. The standard InChI is InChI=1S/C11H16O/c1-3-7(2)10-8-4-5-9(6-8)11(10)12/h8-9H,3-6H2,1-2H3/b10-7+. The van der Waals surface area contributed by atoms with Gasteiger partial charge in [0.15, 0.2) is 5.78 Å². The fourth-order valence-electron chi connectivity index (χ4n) is 2.65. The number of hydrogen-bond donors (Lipinski definition) is 0. The van der Waals surface area contributed by atoms with Gasteiger partial charge in [-0.15, -0.1) is 0 Å². The molecule has 0 radical (unpaired) electrons. The zero-order chi connectivity index (χ0) is 8.72. The van der Waals surface area contributed by atoms with Crippen molar-refractivity contribution in [3.8, 4) is 0 Å². The summed E-state index contributed by atoms with van der Waals surface area (Å²) in [5.41, 5.74) is 2.54. The Balaban J connectivity index is 2.34. The maximum atomic E-state index is 11.7. The van der Waals surface area contributed by atoms with Gasteiger partial charge in [-0.25, -0.2) is 0 Å². The number of allylic oxidation sites excluding steroid dienone is 2. The lowest BCUT2D eigenvalue weighted by Gasteiger charge is -2.14. The first kappa shape index (κ1) is 8.03. The molecule has 0 aromatic rings. The maximum absolute atomic E-state index is 11.7. The van der Waals surface area contributed by atoms with Gasteiger partial charge in [0, 0.05) is 5.92 Å². The quantitative estimate of drug-likeness (QED) is 0.544. The second kappa shape index (κ2) is 2.72. The number of hydrogen-bond acceptors (Lipinski definition) is 1. The number of carbonyl (C=O) groups excluding carboxylic acids is 1. The second-order valence-electron chi connectivity index (χ2n) is 4.12. The van der Waals surface area contributed by atoms with E-state index in [-0.39, 0.29) is 0 Å². The number of fused-ring (bicyclic) bond motifs is 2. The van der Waals surface area contributed by atoms with E-state index in [4.69, 9.17) is 0 Å². The molecule has 2 rings (SSSR count). The van der Waals surface area contributed by atoms with Gasteiger partial charge >= 0.3 is 0 Å². The Kier molecular flexibility index (Phi) is 1.82. The highest BCUT2D eigenvalue weighted by atomic mass is 16.1. The average Bonchev–Trinajstić information content (AvgIpc) is 2.63. The molecular formula is C11H16O. The number of carbonyl (C=O) groups is 1. The molecule has 0 aliphatic heterocycles. The van der Waals surface area contributed by atoms with Crippen molar-refractivity contribution >= 4 is 5.78 Å². The van der Waals surface area contributed by atoms with E-state index in [1.165, 1.54) is 17.6 Å². The predicted octanol–water partition coefficient (Wildman–Crippen LogP) is 2.71. The van der Waals surface area contributed by atoms with Crippen molar-refractivity contribution in [3.63, 3.8) is 0 Å². The van der Waals surface area contributed by atoms with Gasteiger partial charge in [0.1, 0.15) is 0 Å². The first-order chi connectivity index (χ1) is 5.74. The summed E-state index contributed by atoms with van der Waals surface area (Å²) in [6.45, 7) is 4.26. The van der Waals surface area contributed by atoms with Crippen molar-refractivity contribution in [3.05, 3.63) is 11.1 Å². The van der Waals surface area contributed by atoms with E-state index in [1.807, 2.05) is 0 Å². The lowest BCUT2D eigenvalue weighted by atomic mass is 9.89. The van der Waals surface area contributed by atoms with Crippen molar-refractivity contribution in [2.75, 3.05) is 0 Å². The molecule has 2 aliphatic rings. The molecule has 66 valence electrons. The molecule has 2 saturated carbocycles. The van der Waals surface area contributed by atoms with E-state index in [1.54, 1.807) is 0 Å². The number of ketones is 1. The van der Waals surface area contributed by atoms with Gasteiger partial charge in [-0.05, 0) is 44.1 Å². The highest BCUT2D eigenvalue weighted by molar-refractivity contribution is 6.01. The van der Waals surface area contributed by atoms with Gasteiger partial charge < -0.3 is 0 Å². The first-order valence-corrected chi connectivity index (χ1v) is 4.98. The molecule has 1 heteroatoms. The van der Waals surface area contributed by atoms with Crippen LogP contribution in [0, 0.1) is 11.8 Å². The summed E-state index contributed by atoms with van der Waals surface area (Å²) in [6.07, 6.45) is 4.63. The van der Waals surface area contributed by atoms with Gasteiger partial charge in [-0.3, -0.25) is 4.79 Å². The van der Waals surface area contributed by atoms with Gasteiger partial charge in [-0.1, -0.05) is 12.5 Å². The molecule has 2 fully saturated rings. The molecule has 2 bridgehead atoms. The fraction of sp³-hybridized carbons (Fsp3) is 0.727. The van der Waals surface area contributed by atoms with Gasteiger partial charge in [0.05, 0.1) is 0 Å². The van der Waals surface area contributed by atoms with Crippen LogP contribution in [0.15, 0.2) is 11.1 Å². The van der Waals surface area contributed by atoms with Crippen LogP contribution >= 0.6 is 0 Å². The van der Waals surface area contributed by atoms with Crippen LogP contribution in [0.3, 0.4) is 0 Å². The molecule has 0 amide bonds. The molecule has 0 saturated heterocycles. The SMILES string of the molecule is CC/C(C)=C1/C(=O)C2CCC1C2. The Bertz CT molecular complexity index is 250. The molecular weight excluding hydrogens is 148 g/mol. The third kappa shape index (κ3) is 0.954. The molecule has 1 nitrogen and oxygen atoms in total. The molecule has 0 heterocycles. The Morgan fingerprint density at radius 1 is 1.42 bits per heavy atom. The van der Waals surface area contributed by atoms with Crippen LogP contribution in [0.2, 0.25) is 0 Å². The smallest absolute Gasteiger partial charge is 0.162 e. The molecule has 2 atom stereocenters. The van der Waals surface area contributed by atoms with Crippen LogP contribution in [-0.4, -0.2) is 5.78 Å². The number of rotatable bonds is 1. The van der Waals surface area contributed by atoms with Crippen LogP contribution < -0.4 is 0 Å². The summed E-state index contributed by atoms with van der Waals surface area (Å²) in [6, 6.07) is 0. The Labute approximate surface area is 73.8 Å². The minimum atomic E-state index is 0.409. The molecule has 0 spiro atoms. The molecule has 12 heavy (non-hydrogen) atoms. The second-order valence-corrected chi connectivity index (χ2v) is 4.12. The molecule has 0 N–H and O–H groups in total. The third-order valence-corrected chi connectivity index (χ3v) is 3.47. The van der Waals surface area contributed by atoms with E-state index in [9.17, 15) is 4.79 Å². The zero-order valence-corrected chi connectivity index (χ0v) is 7.89. The predicted molar refractivity (Wildman–Crippen MR) is 48.8 cm³/mol. The van der Waals surface area contributed by atoms with Crippen molar-refractivity contribution in [2.45, 2.75) is 39.5 Å². The van der Waals surface area contributed by atoms with Gasteiger partial charge in [0.25, 0.3) is 0 Å². The van der Waals surface area contributed by atoms with Crippen molar-refractivity contribution in [1.82, 2.24) is 0 Å². The molecule has 2 aliphatic carbocycles. The van der Waals surface area contributed by atoms with Crippen LogP contribution in [0.5, 0.6) is 0 Å². The summed E-state index contributed by atoms with van der Waals surface area (Å²) in [4.78, 5) is 11.7. The van der Waals surface area contributed by atoms with E-state index in [2.05, 4.69) is 13.8 Å².